The second kappa shape index (κ2) is 4.57. The SMILES string of the molecule is CCCCCC#C[C@@]1(O)C[C@H]2CC[C@]1(C)C2(C)C. The number of unbranched alkanes of at least 4 members (excludes halogenated alkanes) is 3. The number of aliphatic hydroxyl groups is 1. The molecular formula is C17H28O. The van der Waals surface area contributed by atoms with Crippen LogP contribution < -0.4 is 0 Å². The van der Waals surface area contributed by atoms with Crippen molar-refractivity contribution in [1.29, 1.82) is 0 Å². The highest BCUT2D eigenvalue weighted by molar-refractivity contribution is 5.29. The van der Waals surface area contributed by atoms with Crippen LogP contribution in [0.5, 0.6) is 0 Å². The molecule has 18 heavy (non-hydrogen) atoms. The second-order valence-electron chi connectivity index (χ2n) is 7.11. The second-order valence-corrected chi connectivity index (χ2v) is 7.11. The van der Waals surface area contributed by atoms with Crippen LogP contribution in [0.4, 0.5) is 0 Å². The standard InChI is InChI=1S/C17H28O/c1-5-6-7-8-9-11-17(18)13-14-10-12-16(17,4)15(14,2)3/h14,18H,5-8,10,12-13H2,1-4H3/t14-,16-,17-/m1/s1. The van der Waals surface area contributed by atoms with Gasteiger partial charge in [-0.3, -0.25) is 0 Å². The summed E-state index contributed by atoms with van der Waals surface area (Å²) in [5.41, 5.74) is -0.506. The molecule has 2 aliphatic rings. The van der Waals surface area contributed by atoms with Gasteiger partial charge in [-0.25, -0.2) is 0 Å². The van der Waals surface area contributed by atoms with E-state index >= 15 is 0 Å². The fourth-order valence-electron chi connectivity index (χ4n) is 4.14. The summed E-state index contributed by atoms with van der Waals surface area (Å²) >= 11 is 0. The van der Waals surface area contributed by atoms with E-state index in [9.17, 15) is 5.11 Å². The van der Waals surface area contributed by atoms with Crippen molar-refractivity contribution in [2.45, 2.75) is 78.2 Å². The van der Waals surface area contributed by atoms with Crippen LogP contribution in [0.2, 0.25) is 0 Å². The Bertz CT molecular complexity index is 373. The molecule has 2 rings (SSSR count). The van der Waals surface area contributed by atoms with E-state index in [4.69, 9.17) is 0 Å². The molecular weight excluding hydrogens is 220 g/mol. The van der Waals surface area contributed by atoms with Crippen LogP contribution in [0.15, 0.2) is 0 Å². The van der Waals surface area contributed by atoms with E-state index in [-0.39, 0.29) is 10.8 Å². The molecule has 0 amide bonds. The number of fused-ring (bicyclic) bond motifs is 2. The Morgan fingerprint density at radius 3 is 2.44 bits per heavy atom. The molecule has 1 N–H and O–H groups in total. The highest BCUT2D eigenvalue weighted by Crippen LogP contribution is 2.69. The van der Waals surface area contributed by atoms with Crippen molar-refractivity contribution in [3.63, 3.8) is 0 Å². The van der Waals surface area contributed by atoms with E-state index in [0.29, 0.717) is 5.92 Å². The van der Waals surface area contributed by atoms with Crippen molar-refractivity contribution in [2.24, 2.45) is 16.7 Å². The molecule has 0 spiro atoms. The number of hydrogen-bond donors (Lipinski definition) is 1. The smallest absolute Gasteiger partial charge is 0.131 e. The Morgan fingerprint density at radius 2 is 1.94 bits per heavy atom. The first kappa shape index (κ1) is 13.9. The molecule has 2 aliphatic carbocycles. The van der Waals surface area contributed by atoms with Crippen LogP contribution >= 0.6 is 0 Å². The van der Waals surface area contributed by atoms with Crippen LogP contribution in [-0.2, 0) is 0 Å². The minimum Gasteiger partial charge on any atom is -0.377 e. The summed E-state index contributed by atoms with van der Waals surface area (Å²) in [7, 11) is 0. The summed E-state index contributed by atoms with van der Waals surface area (Å²) in [6.45, 7) is 9.10. The van der Waals surface area contributed by atoms with Crippen molar-refractivity contribution >= 4 is 0 Å². The van der Waals surface area contributed by atoms with Crippen molar-refractivity contribution in [1.82, 2.24) is 0 Å². The van der Waals surface area contributed by atoms with Gasteiger partial charge in [0.25, 0.3) is 0 Å². The van der Waals surface area contributed by atoms with E-state index < -0.39 is 5.60 Å². The van der Waals surface area contributed by atoms with Crippen molar-refractivity contribution < 1.29 is 5.11 Å². The predicted molar refractivity (Wildman–Crippen MR) is 76.1 cm³/mol. The highest BCUT2D eigenvalue weighted by Gasteiger charge is 2.68. The predicted octanol–water partition coefficient (Wildman–Crippen LogP) is 4.15. The summed E-state index contributed by atoms with van der Waals surface area (Å²) in [6, 6.07) is 0. The van der Waals surface area contributed by atoms with E-state index in [1.165, 1.54) is 25.7 Å². The van der Waals surface area contributed by atoms with E-state index in [0.717, 1.165) is 19.3 Å². The van der Waals surface area contributed by atoms with Gasteiger partial charge in [0.05, 0.1) is 0 Å². The Balaban J connectivity index is 2.09. The van der Waals surface area contributed by atoms with Gasteiger partial charge in [-0.05, 0) is 37.0 Å². The summed E-state index contributed by atoms with van der Waals surface area (Å²) in [5, 5.41) is 11.0. The summed E-state index contributed by atoms with van der Waals surface area (Å²) in [4.78, 5) is 0. The fraction of sp³-hybridized carbons (Fsp3) is 0.882. The maximum absolute atomic E-state index is 11.0. The first-order valence-electron chi connectivity index (χ1n) is 7.60. The first-order valence-corrected chi connectivity index (χ1v) is 7.60. The molecule has 0 aromatic carbocycles. The molecule has 2 saturated carbocycles. The Hall–Kier alpha value is -0.480. The minimum atomic E-state index is -0.731. The van der Waals surface area contributed by atoms with E-state index in [1.807, 2.05) is 0 Å². The largest absolute Gasteiger partial charge is 0.377 e. The maximum atomic E-state index is 11.0. The summed E-state index contributed by atoms with van der Waals surface area (Å²) in [6.07, 6.45) is 7.88. The molecule has 0 unspecified atom stereocenters. The van der Waals surface area contributed by atoms with E-state index in [1.54, 1.807) is 0 Å². The average molecular weight is 248 g/mol. The van der Waals surface area contributed by atoms with Gasteiger partial charge in [0.15, 0.2) is 0 Å². The third-order valence-corrected chi connectivity index (χ3v) is 6.09. The summed E-state index contributed by atoms with van der Waals surface area (Å²) < 4.78 is 0. The molecule has 0 heterocycles. The lowest BCUT2D eigenvalue weighted by molar-refractivity contribution is -0.0433. The molecule has 1 nitrogen and oxygen atoms in total. The molecule has 0 aromatic heterocycles. The van der Waals surface area contributed by atoms with Gasteiger partial charge in [-0.15, -0.1) is 5.92 Å². The Labute approximate surface area is 112 Å². The van der Waals surface area contributed by atoms with Crippen LogP contribution in [0.25, 0.3) is 0 Å². The monoisotopic (exact) mass is 248 g/mol. The van der Waals surface area contributed by atoms with Crippen LogP contribution in [0, 0.1) is 28.6 Å². The van der Waals surface area contributed by atoms with Crippen LogP contribution in [0.3, 0.4) is 0 Å². The van der Waals surface area contributed by atoms with Crippen LogP contribution in [-0.4, -0.2) is 10.7 Å². The quantitative estimate of drug-likeness (QED) is 0.587. The molecule has 0 radical (unpaired) electrons. The van der Waals surface area contributed by atoms with Gasteiger partial charge in [0, 0.05) is 11.8 Å². The van der Waals surface area contributed by atoms with Gasteiger partial charge in [0.1, 0.15) is 5.60 Å². The molecule has 0 aliphatic heterocycles. The fourth-order valence-corrected chi connectivity index (χ4v) is 4.14. The van der Waals surface area contributed by atoms with Crippen molar-refractivity contribution in [3.8, 4) is 11.8 Å². The zero-order chi connectivity index (χ0) is 13.4. The summed E-state index contributed by atoms with van der Waals surface area (Å²) in [5.74, 6) is 7.15. The zero-order valence-electron chi connectivity index (χ0n) is 12.5. The van der Waals surface area contributed by atoms with Crippen LogP contribution in [0.1, 0.15) is 72.6 Å². The van der Waals surface area contributed by atoms with Gasteiger partial charge in [0.2, 0.25) is 0 Å². The molecule has 2 bridgehead atoms. The topological polar surface area (TPSA) is 20.2 Å². The first-order chi connectivity index (χ1) is 8.37. The lowest BCUT2D eigenvalue weighted by Crippen LogP contribution is -2.46. The third kappa shape index (κ3) is 1.81. The molecule has 2 fully saturated rings. The molecule has 3 atom stereocenters. The minimum absolute atomic E-state index is 0.0115. The normalized spacial score (nSPS) is 40.6. The van der Waals surface area contributed by atoms with Crippen molar-refractivity contribution in [2.75, 3.05) is 0 Å². The highest BCUT2D eigenvalue weighted by atomic mass is 16.3. The van der Waals surface area contributed by atoms with Gasteiger partial charge < -0.3 is 5.11 Å². The molecule has 0 saturated heterocycles. The molecule has 0 aromatic rings. The van der Waals surface area contributed by atoms with Gasteiger partial charge in [-0.2, -0.15) is 0 Å². The van der Waals surface area contributed by atoms with Gasteiger partial charge >= 0.3 is 0 Å². The lowest BCUT2D eigenvalue weighted by Gasteiger charge is -2.42. The molecule has 102 valence electrons. The Morgan fingerprint density at radius 1 is 1.22 bits per heavy atom. The number of hydrogen-bond acceptors (Lipinski definition) is 1. The zero-order valence-corrected chi connectivity index (χ0v) is 12.5. The maximum Gasteiger partial charge on any atom is 0.131 e. The molecule has 1 heteroatoms. The van der Waals surface area contributed by atoms with E-state index in [2.05, 4.69) is 39.5 Å². The average Bonchev–Trinajstić information content (AvgIpc) is 2.61. The van der Waals surface area contributed by atoms with Gasteiger partial charge in [-0.1, -0.05) is 46.5 Å². The third-order valence-electron chi connectivity index (χ3n) is 6.09. The van der Waals surface area contributed by atoms with Crippen molar-refractivity contribution in [3.05, 3.63) is 0 Å². The number of rotatable bonds is 3. The Kier molecular flexibility index (Phi) is 3.54. The lowest BCUT2D eigenvalue weighted by atomic mass is 9.64.